The lowest BCUT2D eigenvalue weighted by molar-refractivity contribution is 0.102. The molecule has 21 heavy (non-hydrogen) atoms. The third-order valence-corrected chi connectivity index (χ3v) is 3.31. The van der Waals surface area contributed by atoms with E-state index in [2.05, 4.69) is 10.3 Å². The summed E-state index contributed by atoms with van der Waals surface area (Å²) >= 11 is 0. The number of nitrogens with one attached hydrogen (secondary N) is 1. The Labute approximate surface area is 122 Å². The first-order valence-electron chi connectivity index (χ1n) is 6.60. The minimum atomic E-state index is -0.357. The average molecular weight is 278 g/mol. The van der Waals surface area contributed by atoms with E-state index in [1.54, 1.807) is 24.4 Å². The Morgan fingerprint density at radius 3 is 2.67 bits per heavy atom. The predicted octanol–water partition coefficient (Wildman–Crippen LogP) is 3.50. The number of aromatic nitrogens is 1. The van der Waals surface area contributed by atoms with Crippen LogP contribution >= 0.6 is 0 Å². The second-order valence-corrected chi connectivity index (χ2v) is 4.83. The third-order valence-electron chi connectivity index (χ3n) is 3.31. The van der Waals surface area contributed by atoms with Crippen LogP contribution in [0.2, 0.25) is 0 Å². The van der Waals surface area contributed by atoms with Gasteiger partial charge >= 0.3 is 0 Å². The largest absolute Gasteiger partial charge is 0.506 e. The summed E-state index contributed by atoms with van der Waals surface area (Å²) < 4.78 is 0. The van der Waals surface area contributed by atoms with Crippen LogP contribution in [0.3, 0.4) is 0 Å². The number of pyridine rings is 1. The summed E-state index contributed by atoms with van der Waals surface area (Å²) in [5, 5.41) is 14.5. The van der Waals surface area contributed by atoms with E-state index in [1.165, 1.54) is 0 Å². The maximum absolute atomic E-state index is 12.3. The molecule has 0 saturated heterocycles. The van der Waals surface area contributed by atoms with Crippen LogP contribution in [0.15, 0.2) is 54.7 Å². The second kappa shape index (κ2) is 5.25. The summed E-state index contributed by atoms with van der Waals surface area (Å²) in [6.45, 7) is 1.88. The number of hydrogen-bond acceptors (Lipinski definition) is 3. The van der Waals surface area contributed by atoms with Crippen molar-refractivity contribution >= 4 is 22.4 Å². The summed E-state index contributed by atoms with van der Waals surface area (Å²) in [6.07, 6.45) is 1.59. The first-order valence-corrected chi connectivity index (χ1v) is 6.60. The quantitative estimate of drug-likeness (QED) is 0.754. The van der Waals surface area contributed by atoms with Gasteiger partial charge in [-0.3, -0.25) is 9.78 Å². The van der Waals surface area contributed by atoms with Crippen LogP contribution in [-0.4, -0.2) is 16.0 Å². The van der Waals surface area contributed by atoms with Gasteiger partial charge in [0.15, 0.2) is 0 Å². The molecule has 4 heteroatoms. The van der Waals surface area contributed by atoms with E-state index in [0.717, 1.165) is 11.1 Å². The van der Waals surface area contributed by atoms with Gasteiger partial charge in [-0.2, -0.15) is 0 Å². The molecule has 0 aliphatic carbocycles. The van der Waals surface area contributed by atoms with Gasteiger partial charge in [-0.15, -0.1) is 0 Å². The second-order valence-electron chi connectivity index (χ2n) is 4.83. The number of amides is 1. The molecule has 0 saturated carbocycles. The van der Waals surface area contributed by atoms with Crippen LogP contribution in [0.1, 0.15) is 16.1 Å². The monoisotopic (exact) mass is 278 g/mol. The molecule has 0 bridgehead atoms. The predicted molar refractivity (Wildman–Crippen MR) is 82.5 cm³/mol. The zero-order chi connectivity index (χ0) is 14.8. The number of phenols is 1. The molecular formula is C17H14N2O2. The summed E-state index contributed by atoms with van der Waals surface area (Å²) in [5.74, 6) is -0.366. The van der Waals surface area contributed by atoms with Gasteiger partial charge in [0.25, 0.3) is 5.91 Å². The number of anilines is 1. The molecule has 104 valence electrons. The minimum Gasteiger partial charge on any atom is -0.506 e. The van der Waals surface area contributed by atoms with Crippen molar-refractivity contribution in [2.75, 3.05) is 5.32 Å². The number of nitrogens with zero attached hydrogens (tertiary/aromatic N) is 1. The fourth-order valence-electron chi connectivity index (χ4n) is 2.18. The summed E-state index contributed by atoms with van der Waals surface area (Å²) in [4.78, 5) is 16.4. The SMILES string of the molecule is Cc1ccc(NC(=O)c2ccc3ccccc3c2O)cn1. The van der Waals surface area contributed by atoms with Crippen LogP contribution in [0.25, 0.3) is 10.8 Å². The fourth-order valence-corrected chi connectivity index (χ4v) is 2.18. The molecule has 2 N–H and O–H groups in total. The standard InChI is InChI=1S/C17H14N2O2/c1-11-6-8-13(10-18-11)19-17(21)15-9-7-12-4-2-3-5-14(12)16(15)20/h2-10,20H,1H3,(H,19,21). The summed E-state index contributed by atoms with van der Waals surface area (Å²) in [7, 11) is 0. The number of carbonyl (C=O) groups is 1. The summed E-state index contributed by atoms with van der Waals surface area (Å²) in [5.41, 5.74) is 1.72. The zero-order valence-electron chi connectivity index (χ0n) is 11.5. The Balaban J connectivity index is 1.94. The van der Waals surface area contributed by atoms with E-state index in [1.807, 2.05) is 37.3 Å². The molecule has 0 radical (unpaired) electrons. The number of hydrogen-bond donors (Lipinski definition) is 2. The molecule has 1 heterocycles. The van der Waals surface area contributed by atoms with Crippen LogP contribution in [0.5, 0.6) is 5.75 Å². The number of carbonyl (C=O) groups excluding carboxylic acids is 1. The van der Waals surface area contributed by atoms with Crippen molar-refractivity contribution in [1.82, 2.24) is 4.98 Å². The summed E-state index contributed by atoms with van der Waals surface area (Å²) in [6, 6.07) is 14.4. The molecule has 0 atom stereocenters. The Morgan fingerprint density at radius 2 is 1.90 bits per heavy atom. The number of rotatable bonds is 2. The van der Waals surface area contributed by atoms with Gasteiger partial charge in [0.1, 0.15) is 5.75 Å². The van der Waals surface area contributed by atoms with E-state index in [0.29, 0.717) is 11.1 Å². The van der Waals surface area contributed by atoms with Crippen molar-refractivity contribution in [1.29, 1.82) is 0 Å². The molecular weight excluding hydrogens is 264 g/mol. The first kappa shape index (κ1) is 13.1. The van der Waals surface area contributed by atoms with Gasteiger partial charge < -0.3 is 10.4 Å². The fraction of sp³-hybridized carbons (Fsp3) is 0.0588. The molecule has 3 aromatic rings. The molecule has 0 fully saturated rings. The molecule has 0 aliphatic rings. The highest BCUT2D eigenvalue weighted by Gasteiger charge is 2.13. The van der Waals surface area contributed by atoms with Gasteiger partial charge in [0.2, 0.25) is 0 Å². The van der Waals surface area contributed by atoms with Crippen molar-refractivity contribution in [2.24, 2.45) is 0 Å². The van der Waals surface area contributed by atoms with Crippen LogP contribution in [0, 0.1) is 6.92 Å². The van der Waals surface area contributed by atoms with Crippen LogP contribution < -0.4 is 5.32 Å². The van der Waals surface area contributed by atoms with Crippen molar-refractivity contribution in [3.8, 4) is 5.75 Å². The molecule has 0 spiro atoms. The number of fused-ring (bicyclic) bond motifs is 1. The highest BCUT2D eigenvalue weighted by atomic mass is 16.3. The zero-order valence-corrected chi connectivity index (χ0v) is 11.5. The van der Waals surface area contributed by atoms with Crippen LogP contribution in [0.4, 0.5) is 5.69 Å². The van der Waals surface area contributed by atoms with Gasteiger partial charge in [-0.1, -0.05) is 30.3 Å². The van der Waals surface area contributed by atoms with Gasteiger partial charge in [-0.25, -0.2) is 0 Å². The lowest BCUT2D eigenvalue weighted by Gasteiger charge is -2.09. The maximum Gasteiger partial charge on any atom is 0.259 e. The molecule has 0 aliphatic heterocycles. The number of phenolic OH excluding ortho intramolecular Hbond substituents is 1. The topological polar surface area (TPSA) is 62.2 Å². The van der Waals surface area contributed by atoms with Gasteiger partial charge in [-0.05, 0) is 30.5 Å². The lowest BCUT2D eigenvalue weighted by Crippen LogP contribution is -2.12. The molecule has 1 aromatic heterocycles. The van der Waals surface area contributed by atoms with E-state index in [4.69, 9.17) is 0 Å². The lowest BCUT2D eigenvalue weighted by atomic mass is 10.0. The number of aromatic hydroxyl groups is 1. The molecule has 1 amide bonds. The average Bonchev–Trinajstić information content (AvgIpc) is 2.50. The Morgan fingerprint density at radius 1 is 1.10 bits per heavy atom. The van der Waals surface area contributed by atoms with Gasteiger partial charge in [0.05, 0.1) is 17.4 Å². The van der Waals surface area contributed by atoms with E-state index >= 15 is 0 Å². The highest BCUT2D eigenvalue weighted by molar-refractivity contribution is 6.09. The van der Waals surface area contributed by atoms with Gasteiger partial charge in [0, 0.05) is 11.1 Å². The Kier molecular flexibility index (Phi) is 3.28. The Hall–Kier alpha value is -2.88. The first-order chi connectivity index (χ1) is 10.1. The molecule has 4 nitrogen and oxygen atoms in total. The number of aryl methyl sites for hydroxylation is 1. The van der Waals surface area contributed by atoms with Crippen molar-refractivity contribution < 1.29 is 9.90 Å². The Bertz CT molecular complexity index is 811. The van der Waals surface area contributed by atoms with E-state index < -0.39 is 0 Å². The highest BCUT2D eigenvalue weighted by Crippen LogP contribution is 2.29. The maximum atomic E-state index is 12.3. The molecule has 0 unspecified atom stereocenters. The smallest absolute Gasteiger partial charge is 0.259 e. The molecule has 2 aromatic carbocycles. The normalized spacial score (nSPS) is 10.5. The minimum absolute atomic E-state index is 0.00864. The van der Waals surface area contributed by atoms with Crippen molar-refractivity contribution in [3.05, 3.63) is 66.0 Å². The number of benzene rings is 2. The van der Waals surface area contributed by atoms with Crippen molar-refractivity contribution in [2.45, 2.75) is 6.92 Å². The molecule has 3 rings (SSSR count). The van der Waals surface area contributed by atoms with Crippen molar-refractivity contribution in [3.63, 3.8) is 0 Å². The van der Waals surface area contributed by atoms with E-state index in [-0.39, 0.29) is 17.2 Å². The van der Waals surface area contributed by atoms with E-state index in [9.17, 15) is 9.90 Å². The van der Waals surface area contributed by atoms with Crippen LogP contribution in [-0.2, 0) is 0 Å². The third kappa shape index (κ3) is 2.56.